The third-order valence-electron chi connectivity index (χ3n) is 20.9. The van der Waals surface area contributed by atoms with E-state index < -0.39 is 328 Å². The molecule has 0 aromatic heterocycles. The highest BCUT2D eigenvalue weighted by Gasteiger charge is 2.43. The summed E-state index contributed by atoms with van der Waals surface area (Å²) in [6, 6.07) is -9.75. The van der Waals surface area contributed by atoms with E-state index in [1.165, 1.54) is 31.2 Å². The summed E-state index contributed by atoms with van der Waals surface area (Å²) in [6.45, 7) is -3.75. The molecule has 6 rings (SSSR count). The van der Waals surface area contributed by atoms with Gasteiger partial charge in [-0.2, -0.15) is 35.3 Å². The van der Waals surface area contributed by atoms with Crippen molar-refractivity contribution in [1.29, 1.82) is 10.8 Å². The number of rotatable bonds is 28. The first-order valence-electron chi connectivity index (χ1n) is 43.2. The second-order valence-corrected chi connectivity index (χ2v) is 35.2. The number of carbonyl (C=O) groups is 21. The molecule has 3 aromatic carbocycles. The molecule has 3 heterocycles. The van der Waals surface area contributed by atoms with Crippen molar-refractivity contribution in [3.63, 3.8) is 0 Å². The number of guanidine groups is 2. The largest absolute Gasteiger partial charge is 0.508 e. The van der Waals surface area contributed by atoms with Crippen molar-refractivity contribution in [2.24, 2.45) is 28.7 Å². The number of carbonyl (C=O) groups excluding carboxylic acids is 18. The molecular weight excluding hydrogens is 1880 g/mol. The van der Waals surface area contributed by atoms with Crippen LogP contribution < -0.4 is 119 Å². The summed E-state index contributed by atoms with van der Waals surface area (Å²) in [5, 5.41) is 117. The van der Waals surface area contributed by atoms with E-state index in [0.29, 0.717) is 22.3 Å². The minimum absolute atomic E-state index is 0.0458. The fraction of sp³-hybridized carbons (Fsp3) is 0.506. The number of phenols is 1. The van der Waals surface area contributed by atoms with Crippen molar-refractivity contribution in [1.82, 2.24) is 95.3 Å². The van der Waals surface area contributed by atoms with Crippen LogP contribution in [0.1, 0.15) is 105 Å². The molecule has 138 heavy (non-hydrogen) atoms. The lowest BCUT2D eigenvalue weighted by molar-refractivity contribution is -0.142. The fourth-order valence-corrected chi connectivity index (χ4v) is 16.9. The first kappa shape index (κ1) is 113. The van der Waals surface area contributed by atoms with Crippen molar-refractivity contribution in [2.75, 3.05) is 63.2 Å². The standard InChI is InChI=1S/C83H117N25O27S3/c1-40(84)67(121)105-58-38-137-35-44-22-43-23-45(24-44)36-138-39-59(107-74(128)52(27-61(85)112)100-71(125)48(11-6-20-92-83(89)90)96-72(126)50(25-41-8-3-2-4-9-41)99-70(124)47(10-5-19-91-82(87)88)97-76(130)54(29-66(119)120)101-78(132)56(33-110)104-79(58)133)81(135)108-21-7-12-60(108)80(134)102-51(26-42-13-15-46(111)16-14-42)73(127)103-55(32-109)77(131)98-49(17-18-64(115)116)68(122)94-31-63(114)95-53(28-65(117)118)75(129)106-57(37-136-34-43)69(123)93-30-62(86)113/h2-4,8-9,13-16,22-24,40,47-60,109-111H,5-7,10-12,17-21,25-39,84H2,1H3,(H2,85,112)(H2,86,113)(H,93,123)(H,94,122)(H,95,114)(H,96,126)(H,97,130)(H,98,131)(H,99,124)(H,100,125)(H,101,132)(H,102,134)(H,103,127)(H,104,133)(H,105,121)(H,106,129)(H,107,128)(H,115,116)(H,117,118)(H,119,120)(H4,87,88,91)(H4,89,90,92)/t40-,47-,48-,49-,50-,51-,52-,53+,54-,55-,56-,57-,58-,59-,60-/m0/s1. The average molecular weight is 1990 g/mol. The van der Waals surface area contributed by atoms with Crippen LogP contribution in [-0.2, 0) is 131 Å². The summed E-state index contributed by atoms with van der Waals surface area (Å²) in [5.41, 5.74) is 30.0. The van der Waals surface area contributed by atoms with Gasteiger partial charge in [-0.15, -0.1) is 0 Å². The summed E-state index contributed by atoms with van der Waals surface area (Å²) in [7, 11) is 0. The third kappa shape index (κ3) is 39.2. The molecule has 3 aromatic rings. The van der Waals surface area contributed by atoms with Crippen molar-refractivity contribution >= 4 is 171 Å². The Balaban J connectivity index is 1.59. The van der Waals surface area contributed by atoms with Gasteiger partial charge in [0.05, 0.1) is 51.6 Å². The van der Waals surface area contributed by atoms with Crippen molar-refractivity contribution in [3.8, 4) is 5.75 Å². The maximum Gasteiger partial charge on any atom is 0.305 e. The summed E-state index contributed by atoms with van der Waals surface area (Å²) >= 11 is 2.80. The Labute approximate surface area is 801 Å². The highest BCUT2D eigenvalue weighted by Crippen LogP contribution is 2.27. The number of fused-ring (bicyclic) bond motifs is 6. The molecule has 0 unspecified atom stereocenters. The molecule has 4 bridgehead atoms. The van der Waals surface area contributed by atoms with E-state index in [-0.39, 0.29) is 73.9 Å². The Kier molecular flexibility index (Phi) is 46.5. The Morgan fingerprint density at radius 3 is 1.39 bits per heavy atom. The van der Waals surface area contributed by atoms with E-state index in [0.717, 1.165) is 40.2 Å². The van der Waals surface area contributed by atoms with E-state index in [9.17, 15) is 107 Å². The second kappa shape index (κ2) is 57.0. The number of carboxylic acid groups (broad SMARTS) is 3. The molecule has 754 valence electrons. The average Bonchev–Trinajstić information content (AvgIpc) is 1.65. The summed E-state index contributed by atoms with van der Waals surface area (Å²) < 4.78 is 0. The van der Waals surface area contributed by atoms with Gasteiger partial charge in [0.25, 0.3) is 0 Å². The molecule has 1 fully saturated rings. The maximum atomic E-state index is 15.8. The Morgan fingerprint density at radius 2 is 0.899 bits per heavy atom. The number of hydrogen-bond acceptors (Lipinski definition) is 30. The number of hydrogen-bond donors (Lipinski definition) is 30. The van der Waals surface area contributed by atoms with Gasteiger partial charge >= 0.3 is 17.9 Å². The Hall–Kier alpha value is -14.2. The SMILES string of the molecule is C[C@H](N)C(=O)N[C@H]1CSCc2cc3cc(c2)CSC[C@H](NC(=O)[C@H](CC(N)=O)NC(=O)[C@H](CCCNC(=N)N)NC(=O)[C@H](Cc2ccccc2)NC(=O)[C@H](CCCNC(=N)N)NC(=O)[C@H](CC(=O)O)NC(=O)[C@H](CO)NC1=O)C(=O)N1CCC[C@H]1C(=O)N[C@@H](Cc1ccc(O)cc1)C(=O)N[C@@H](CO)C(=O)N[C@@H](CCC(=O)O)C(=O)NCC(=O)N[C@H](CC(=O)O)C(=O)N[C@H](C(=O)NCC(N)=O)CSC3. The van der Waals surface area contributed by atoms with E-state index >= 15 is 24.0 Å². The number of primary amides is 2. The van der Waals surface area contributed by atoms with Gasteiger partial charge in [0.15, 0.2) is 11.9 Å². The van der Waals surface area contributed by atoms with Crippen LogP contribution in [0.25, 0.3) is 0 Å². The second-order valence-electron chi connectivity index (χ2n) is 32.1. The minimum Gasteiger partial charge on any atom is -0.508 e. The molecule has 3 aliphatic rings. The van der Waals surface area contributed by atoms with Crippen LogP contribution in [-0.4, -0.2) is 326 Å². The van der Waals surface area contributed by atoms with Crippen molar-refractivity contribution in [3.05, 3.63) is 101 Å². The lowest BCUT2D eigenvalue weighted by atomic mass is 10.0. The number of nitrogens with two attached hydrogens (primary N) is 5. The predicted molar refractivity (Wildman–Crippen MR) is 493 cm³/mol. The minimum atomic E-state index is -2.14. The smallest absolute Gasteiger partial charge is 0.305 e. The molecule has 0 radical (unpaired) electrons. The zero-order valence-electron chi connectivity index (χ0n) is 74.8. The van der Waals surface area contributed by atoms with Crippen LogP contribution in [0, 0.1) is 10.8 Å². The molecule has 35 N–H and O–H groups in total. The molecular formula is C83H117N25O27S3. The predicted octanol–water partition coefficient (Wildman–Crippen LogP) is -10.8. The summed E-state index contributed by atoms with van der Waals surface area (Å²) in [6.07, 6.45) is -7.11. The van der Waals surface area contributed by atoms with Crippen LogP contribution in [0.4, 0.5) is 0 Å². The van der Waals surface area contributed by atoms with Crippen molar-refractivity contribution < 1.29 is 131 Å². The van der Waals surface area contributed by atoms with Gasteiger partial charge in [-0.3, -0.25) is 112 Å². The number of benzene rings is 3. The molecule has 3 aliphatic heterocycles. The zero-order valence-corrected chi connectivity index (χ0v) is 77.2. The van der Waals surface area contributed by atoms with Crippen LogP contribution in [0.15, 0.2) is 72.8 Å². The molecule has 0 aliphatic carbocycles. The number of aliphatic hydroxyl groups is 2. The van der Waals surface area contributed by atoms with E-state index in [4.69, 9.17) is 39.5 Å². The zero-order chi connectivity index (χ0) is 102. The van der Waals surface area contributed by atoms with Crippen LogP contribution in [0.3, 0.4) is 0 Å². The normalized spacial score (nSPS) is 23.8. The highest BCUT2D eigenvalue weighted by atomic mass is 32.2. The Morgan fingerprint density at radius 1 is 0.471 bits per heavy atom. The van der Waals surface area contributed by atoms with Gasteiger partial charge < -0.3 is 155 Å². The van der Waals surface area contributed by atoms with E-state index in [1.54, 1.807) is 48.5 Å². The molecule has 1 saturated heterocycles. The topological polar surface area (TPSA) is 865 Å². The third-order valence-corrected chi connectivity index (χ3v) is 24.2. The quantitative estimate of drug-likeness (QED) is 0.0182. The number of aliphatic carboxylic acids is 3. The summed E-state index contributed by atoms with van der Waals surface area (Å²) in [5.74, 6) is -29.8. The van der Waals surface area contributed by atoms with Gasteiger partial charge in [0.2, 0.25) is 106 Å². The fourth-order valence-electron chi connectivity index (χ4n) is 14.0. The Bertz CT molecular complexity index is 4910. The first-order valence-corrected chi connectivity index (χ1v) is 46.7. The number of phenolic OH excluding ortho intramolecular Hbond substituents is 1. The maximum absolute atomic E-state index is 15.8. The lowest BCUT2D eigenvalue weighted by Crippen LogP contribution is -2.62. The van der Waals surface area contributed by atoms with Gasteiger partial charge in [-0.05, 0) is 91.8 Å². The van der Waals surface area contributed by atoms with Crippen LogP contribution >= 0.6 is 35.3 Å². The molecule has 0 saturated carbocycles. The van der Waals surface area contributed by atoms with Gasteiger partial charge in [-0.1, -0.05) is 60.7 Å². The number of aliphatic hydroxyl groups excluding tert-OH is 2. The molecule has 55 heteroatoms. The molecule has 15 atom stereocenters. The van der Waals surface area contributed by atoms with Gasteiger partial charge in [0.1, 0.15) is 90.3 Å². The van der Waals surface area contributed by atoms with Gasteiger partial charge in [0, 0.05) is 73.4 Å². The van der Waals surface area contributed by atoms with E-state index in [1.807, 2.05) is 0 Å². The number of nitrogens with zero attached hydrogens (tertiary/aromatic N) is 1. The van der Waals surface area contributed by atoms with Crippen molar-refractivity contribution in [2.45, 2.75) is 198 Å². The number of nitrogens with one attached hydrogen (secondary N) is 19. The molecule has 52 nitrogen and oxygen atoms in total. The monoisotopic (exact) mass is 1990 g/mol. The number of carboxylic acids is 3. The number of thioether (sulfide) groups is 3. The summed E-state index contributed by atoms with van der Waals surface area (Å²) in [4.78, 5) is 296. The highest BCUT2D eigenvalue weighted by molar-refractivity contribution is 7.99. The number of amides is 18. The van der Waals surface area contributed by atoms with Crippen LogP contribution in [0.5, 0.6) is 5.75 Å². The molecule has 18 amide bonds. The molecule has 0 spiro atoms. The van der Waals surface area contributed by atoms with Gasteiger partial charge in [-0.25, -0.2) is 0 Å². The lowest BCUT2D eigenvalue weighted by Gasteiger charge is -2.31. The number of aromatic hydroxyl groups is 1. The van der Waals surface area contributed by atoms with E-state index in [2.05, 4.69) is 90.4 Å². The van der Waals surface area contributed by atoms with Crippen LogP contribution in [0.2, 0.25) is 0 Å². The first-order chi connectivity index (χ1) is 65.4.